The average Bonchev–Trinajstić information content (AvgIpc) is 3.54. The minimum Gasteiger partial charge on any atom is -0.464 e. The number of pyridine rings is 1. The number of benzene rings is 1. The summed E-state index contributed by atoms with van der Waals surface area (Å²) in [5.74, 6) is -0.264. The molecule has 1 aromatic carbocycles. The van der Waals surface area contributed by atoms with E-state index in [-0.39, 0.29) is 17.7 Å². The van der Waals surface area contributed by atoms with E-state index in [2.05, 4.69) is 22.8 Å². The molecular formula is C28H32N4O4. The Labute approximate surface area is 210 Å². The second kappa shape index (κ2) is 11.0. The Hall–Kier alpha value is -3.65. The number of esters is 1. The van der Waals surface area contributed by atoms with Gasteiger partial charge >= 0.3 is 5.97 Å². The Balaban J connectivity index is 1.55. The number of allylic oxidation sites excluding steroid dienone is 2. The van der Waals surface area contributed by atoms with Crippen LogP contribution in [0, 0.1) is 5.92 Å². The lowest BCUT2D eigenvalue weighted by Gasteiger charge is -2.18. The standard InChI is InChI=1S/C28H32N4O4/c1-35-28(34)25-24(31-27(33)20-11-6-3-7-12-20)23-15-21(29-16-19-9-4-2-5-10-19)17-30-26(23)32(25)18-22-13-8-14-36-22/h2-4,6-7,11-12,15,17,19,22,29H,5,8-10,13-14,16,18H2,1H3,(H,31,33)/t19-,22+/m1/s1. The fraction of sp³-hybridized carbons (Fsp3) is 0.393. The number of methoxy groups -OCH3 is 1. The quantitative estimate of drug-likeness (QED) is 0.341. The second-order valence-electron chi connectivity index (χ2n) is 9.41. The fourth-order valence-electron chi connectivity index (χ4n) is 5.01. The molecule has 0 unspecified atom stereocenters. The molecule has 0 radical (unpaired) electrons. The minimum atomic E-state index is -0.530. The van der Waals surface area contributed by atoms with Gasteiger partial charge in [-0.2, -0.15) is 0 Å². The van der Waals surface area contributed by atoms with Crippen LogP contribution in [0.2, 0.25) is 0 Å². The van der Waals surface area contributed by atoms with Crippen LogP contribution in [0.5, 0.6) is 0 Å². The second-order valence-corrected chi connectivity index (χ2v) is 9.41. The number of fused-ring (bicyclic) bond motifs is 1. The Kier molecular flexibility index (Phi) is 7.32. The highest BCUT2D eigenvalue weighted by molar-refractivity contribution is 6.14. The van der Waals surface area contributed by atoms with E-state index in [9.17, 15) is 9.59 Å². The lowest BCUT2D eigenvalue weighted by Crippen LogP contribution is -2.21. The van der Waals surface area contributed by atoms with E-state index in [1.807, 2.05) is 16.7 Å². The molecular weight excluding hydrogens is 456 g/mol. The number of aromatic nitrogens is 2. The lowest BCUT2D eigenvalue weighted by molar-refractivity contribution is 0.0580. The predicted molar refractivity (Wildman–Crippen MR) is 139 cm³/mol. The Bertz CT molecular complexity index is 1260. The van der Waals surface area contributed by atoms with Gasteiger partial charge in [-0.05, 0) is 56.2 Å². The van der Waals surface area contributed by atoms with Gasteiger partial charge in [0.2, 0.25) is 0 Å². The highest BCUT2D eigenvalue weighted by Crippen LogP contribution is 2.34. The Morgan fingerprint density at radius 3 is 2.78 bits per heavy atom. The van der Waals surface area contributed by atoms with Crippen LogP contribution in [-0.4, -0.2) is 47.8 Å². The van der Waals surface area contributed by atoms with Crippen molar-refractivity contribution in [2.45, 2.75) is 44.8 Å². The number of nitrogens with zero attached hydrogens (tertiary/aromatic N) is 2. The summed E-state index contributed by atoms with van der Waals surface area (Å²) in [6.07, 6.45) is 11.4. The van der Waals surface area contributed by atoms with Crippen LogP contribution in [0.25, 0.3) is 11.0 Å². The summed E-state index contributed by atoms with van der Waals surface area (Å²) < 4.78 is 12.8. The third kappa shape index (κ3) is 5.14. The summed E-state index contributed by atoms with van der Waals surface area (Å²) in [6, 6.07) is 10.9. The summed E-state index contributed by atoms with van der Waals surface area (Å²) in [6.45, 7) is 1.99. The van der Waals surface area contributed by atoms with Crippen molar-refractivity contribution in [1.29, 1.82) is 0 Å². The van der Waals surface area contributed by atoms with Crippen LogP contribution >= 0.6 is 0 Å². The molecule has 1 aliphatic heterocycles. The van der Waals surface area contributed by atoms with Crippen molar-refractivity contribution < 1.29 is 19.1 Å². The van der Waals surface area contributed by atoms with Gasteiger partial charge in [0.1, 0.15) is 5.65 Å². The number of ether oxygens (including phenoxy) is 2. The molecule has 0 bridgehead atoms. The maximum Gasteiger partial charge on any atom is 0.356 e. The number of nitrogens with one attached hydrogen (secondary N) is 2. The third-order valence-corrected chi connectivity index (χ3v) is 6.93. The first-order chi connectivity index (χ1) is 17.6. The fourth-order valence-corrected chi connectivity index (χ4v) is 5.01. The first-order valence-corrected chi connectivity index (χ1v) is 12.6. The van der Waals surface area contributed by atoms with Crippen LogP contribution in [0.15, 0.2) is 54.7 Å². The molecule has 5 rings (SSSR count). The van der Waals surface area contributed by atoms with E-state index in [4.69, 9.17) is 14.5 Å². The third-order valence-electron chi connectivity index (χ3n) is 6.93. The number of hydrogen-bond acceptors (Lipinski definition) is 6. The average molecular weight is 489 g/mol. The molecule has 3 heterocycles. The minimum absolute atomic E-state index is 0.0272. The normalized spacial score (nSPS) is 19.4. The largest absolute Gasteiger partial charge is 0.464 e. The van der Waals surface area contributed by atoms with Crippen molar-refractivity contribution in [2.75, 3.05) is 30.9 Å². The first kappa shape index (κ1) is 24.1. The molecule has 1 aliphatic carbocycles. The molecule has 188 valence electrons. The maximum atomic E-state index is 13.2. The molecule has 36 heavy (non-hydrogen) atoms. The molecule has 1 saturated heterocycles. The monoisotopic (exact) mass is 488 g/mol. The summed E-state index contributed by atoms with van der Waals surface area (Å²) in [4.78, 5) is 30.9. The summed E-state index contributed by atoms with van der Waals surface area (Å²) >= 11 is 0. The van der Waals surface area contributed by atoms with E-state index in [1.165, 1.54) is 7.11 Å². The lowest BCUT2D eigenvalue weighted by atomic mass is 9.94. The summed E-state index contributed by atoms with van der Waals surface area (Å²) in [7, 11) is 1.35. The van der Waals surface area contributed by atoms with E-state index >= 15 is 0 Å². The maximum absolute atomic E-state index is 13.2. The topological polar surface area (TPSA) is 94.5 Å². The van der Waals surface area contributed by atoms with Crippen molar-refractivity contribution in [1.82, 2.24) is 9.55 Å². The van der Waals surface area contributed by atoms with Crippen LogP contribution in [0.4, 0.5) is 11.4 Å². The van der Waals surface area contributed by atoms with Crippen LogP contribution in [-0.2, 0) is 16.0 Å². The van der Waals surface area contributed by atoms with Gasteiger partial charge in [-0.25, -0.2) is 9.78 Å². The SMILES string of the molecule is COC(=O)c1c(NC(=O)c2ccccc2)c2cc(NC[C@@H]3CC=CCC3)cnc2n1C[C@@H]1CCCO1. The number of anilines is 2. The molecule has 8 nitrogen and oxygen atoms in total. The molecule has 8 heteroatoms. The van der Waals surface area contributed by atoms with Gasteiger partial charge in [0, 0.05) is 24.1 Å². The first-order valence-electron chi connectivity index (χ1n) is 12.6. The number of amides is 1. The van der Waals surface area contributed by atoms with Crippen molar-refractivity contribution in [3.05, 3.63) is 66.0 Å². The molecule has 1 fully saturated rings. The van der Waals surface area contributed by atoms with Gasteiger partial charge in [-0.3, -0.25) is 4.79 Å². The molecule has 2 aromatic heterocycles. The number of carbonyl (C=O) groups excluding carboxylic acids is 2. The van der Waals surface area contributed by atoms with Gasteiger partial charge in [0.25, 0.3) is 5.91 Å². The van der Waals surface area contributed by atoms with Crippen LogP contribution in [0.1, 0.15) is 53.0 Å². The van der Waals surface area contributed by atoms with Crippen LogP contribution < -0.4 is 10.6 Å². The zero-order valence-electron chi connectivity index (χ0n) is 20.5. The smallest absolute Gasteiger partial charge is 0.356 e. The van der Waals surface area contributed by atoms with Crippen LogP contribution in [0.3, 0.4) is 0 Å². The van der Waals surface area contributed by atoms with Crippen molar-refractivity contribution in [2.24, 2.45) is 5.92 Å². The van der Waals surface area contributed by atoms with E-state index in [0.29, 0.717) is 41.4 Å². The summed E-state index contributed by atoms with van der Waals surface area (Å²) in [5.41, 5.74) is 2.63. The molecule has 2 aliphatic rings. The van der Waals surface area contributed by atoms with Gasteiger partial charge in [0.05, 0.1) is 37.3 Å². The molecule has 0 saturated carbocycles. The molecule has 1 amide bonds. The van der Waals surface area contributed by atoms with Gasteiger partial charge in [-0.15, -0.1) is 0 Å². The number of hydrogen-bond donors (Lipinski definition) is 2. The zero-order chi connectivity index (χ0) is 24.9. The van der Waals surface area contributed by atoms with E-state index < -0.39 is 5.97 Å². The van der Waals surface area contributed by atoms with Gasteiger partial charge in [0.15, 0.2) is 5.69 Å². The van der Waals surface area contributed by atoms with E-state index in [0.717, 1.165) is 44.3 Å². The highest BCUT2D eigenvalue weighted by atomic mass is 16.5. The zero-order valence-corrected chi connectivity index (χ0v) is 20.5. The van der Waals surface area contributed by atoms with Crippen molar-refractivity contribution in [3.8, 4) is 0 Å². The van der Waals surface area contributed by atoms with Crippen molar-refractivity contribution >= 4 is 34.3 Å². The molecule has 0 spiro atoms. The molecule has 2 atom stereocenters. The molecule has 2 N–H and O–H groups in total. The van der Waals surface area contributed by atoms with Crippen molar-refractivity contribution in [3.63, 3.8) is 0 Å². The van der Waals surface area contributed by atoms with E-state index in [1.54, 1.807) is 30.5 Å². The Morgan fingerprint density at radius 2 is 2.06 bits per heavy atom. The highest BCUT2D eigenvalue weighted by Gasteiger charge is 2.29. The van der Waals surface area contributed by atoms with Gasteiger partial charge < -0.3 is 24.7 Å². The predicted octanol–water partition coefficient (Wildman–Crippen LogP) is 5.02. The molecule has 3 aromatic rings. The summed E-state index contributed by atoms with van der Waals surface area (Å²) in [5, 5.41) is 7.18. The number of rotatable bonds is 8. The Morgan fingerprint density at radius 1 is 1.19 bits per heavy atom. The number of carbonyl (C=O) groups is 2. The van der Waals surface area contributed by atoms with Gasteiger partial charge in [-0.1, -0.05) is 30.4 Å².